The smallest absolute Gasteiger partial charge is 0.0500 e. The van der Waals surface area contributed by atoms with Crippen LogP contribution in [0.1, 0.15) is 38.5 Å². The zero-order valence-electron chi connectivity index (χ0n) is 12.7. The van der Waals surface area contributed by atoms with Gasteiger partial charge in [0.25, 0.3) is 0 Å². The molecule has 19 heavy (non-hydrogen) atoms. The van der Waals surface area contributed by atoms with Gasteiger partial charge in [-0.15, -0.1) is 0 Å². The summed E-state index contributed by atoms with van der Waals surface area (Å²) in [6, 6.07) is 0. The van der Waals surface area contributed by atoms with E-state index in [0.29, 0.717) is 6.61 Å². The zero-order chi connectivity index (χ0) is 13.7. The van der Waals surface area contributed by atoms with Gasteiger partial charge in [-0.3, -0.25) is 4.90 Å². The van der Waals surface area contributed by atoms with E-state index in [-0.39, 0.29) is 5.41 Å². The van der Waals surface area contributed by atoms with Crippen molar-refractivity contribution in [3.05, 3.63) is 11.6 Å². The minimum atomic E-state index is 0.140. The number of nitrogens with zero attached hydrogens (tertiary/aromatic N) is 2. The van der Waals surface area contributed by atoms with E-state index in [9.17, 15) is 5.11 Å². The summed E-state index contributed by atoms with van der Waals surface area (Å²) in [5.41, 5.74) is 1.79. The number of rotatable bonds is 5. The Balaban J connectivity index is 1.82. The number of hydrogen-bond donors (Lipinski definition) is 1. The largest absolute Gasteiger partial charge is 0.396 e. The van der Waals surface area contributed by atoms with E-state index in [4.69, 9.17) is 0 Å². The minimum Gasteiger partial charge on any atom is -0.396 e. The van der Waals surface area contributed by atoms with Gasteiger partial charge in [0.15, 0.2) is 0 Å². The van der Waals surface area contributed by atoms with Crippen LogP contribution in [0.15, 0.2) is 11.6 Å². The molecule has 1 N–H and O–H groups in total. The number of hydrogen-bond acceptors (Lipinski definition) is 3. The molecule has 110 valence electrons. The molecule has 1 aliphatic carbocycles. The lowest BCUT2D eigenvalue weighted by Crippen LogP contribution is -2.47. The van der Waals surface area contributed by atoms with Crippen molar-refractivity contribution >= 4 is 0 Å². The molecule has 0 spiro atoms. The second-order valence-corrected chi connectivity index (χ2v) is 6.78. The maximum atomic E-state index is 9.74. The molecular formula is C16H30N2O. The van der Waals surface area contributed by atoms with Crippen LogP contribution in [-0.2, 0) is 0 Å². The highest BCUT2D eigenvalue weighted by Gasteiger charge is 2.34. The molecule has 0 amide bonds. The maximum Gasteiger partial charge on any atom is 0.0500 e. The van der Waals surface area contributed by atoms with Gasteiger partial charge in [-0.05, 0) is 65.7 Å². The van der Waals surface area contributed by atoms with Gasteiger partial charge >= 0.3 is 0 Å². The molecule has 2 rings (SSSR count). The molecule has 0 aromatic rings. The number of aliphatic hydroxyl groups is 1. The molecule has 3 heteroatoms. The molecule has 1 fully saturated rings. The van der Waals surface area contributed by atoms with Gasteiger partial charge in [0, 0.05) is 18.5 Å². The van der Waals surface area contributed by atoms with Crippen molar-refractivity contribution in [1.82, 2.24) is 9.80 Å². The number of allylic oxidation sites excluding steroid dienone is 1. The lowest BCUT2D eigenvalue weighted by molar-refractivity contribution is 0.0266. The van der Waals surface area contributed by atoms with E-state index in [1.807, 2.05) is 0 Å². The zero-order valence-corrected chi connectivity index (χ0v) is 12.7. The first-order valence-corrected chi connectivity index (χ1v) is 7.79. The summed E-state index contributed by atoms with van der Waals surface area (Å²) in [6.45, 7) is 4.81. The van der Waals surface area contributed by atoms with Crippen molar-refractivity contribution in [2.24, 2.45) is 5.41 Å². The van der Waals surface area contributed by atoms with Crippen molar-refractivity contribution in [3.63, 3.8) is 0 Å². The molecule has 0 aromatic carbocycles. The first-order valence-electron chi connectivity index (χ1n) is 7.79. The molecule has 1 saturated heterocycles. The van der Waals surface area contributed by atoms with E-state index in [1.165, 1.54) is 32.2 Å². The van der Waals surface area contributed by atoms with Crippen molar-refractivity contribution in [2.75, 3.05) is 46.9 Å². The number of piperidine rings is 1. The summed E-state index contributed by atoms with van der Waals surface area (Å²) in [4.78, 5) is 4.80. The highest BCUT2D eigenvalue weighted by atomic mass is 16.3. The summed E-state index contributed by atoms with van der Waals surface area (Å²) < 4.78 is 0. The highest BCUT2D eigenvalue weighted by Crippen LogP contribution is 2.32. The van der Waals surface area contributed by atoms with Gasteiger partial charge in [0.1, 0.15) is 0 Å². The van der Waals surface area contributed by atoms with Gasteiger partial charge < -0.3 is 10.0 Å². The predicted octanol–water partition coefficient (Wildman–Crippen LogP) is 2.12. The maximum absolute atomic E-state index is 9.74. The Labute approximate surface area is 118 Å². The Hall–Kier alpha value is -0.380. The van der Waals surface area contributed by atoms with Crippen LogP contribution < -0.4 is 0 Å². The van der Waals surface area contributed by atoms with E-state index >= 15 is 0 Å². The third-order valence-electron chi connectivity index (χ3n) is 4.72. The minimum absolute atomic E-state index is 0.140. The second-order valence-electron chi connectivity index (χ2n) is 6.78. The third kappa shape index (κ3) is 4.30. The quantitative estimate of drug-likeness (QED) is 0.772. The lowest BCUT2D eigenvalue weighted by Gasteiger charge is -2.42. The summed E-state index contributed by atoms with van der Waals surface area (Å²) in [5, 5.41) is 9.74. The van der Waals surface area contributed by atoms with Crippen molar-refractivity contribution in [1.29, 1.82) is 0 Å². The topological polar surface area (TPSA) is 26.7 Å². The normalized spacial score (nSPS) is 24.5. The fourth-order valence-electron chi connectivity index (χ4n) is 3.56. The van der Waals surface area contributed by atoms with E-state index in [2.05, 4.69) is 30.0 Å². The summed E-state index contributed by atoms with van der Waals surface area (Å²) in [7, 11) is 4.22. The monoisotopic (exact) mass is 266 g/mol. The first kappa shape index (κ1) is 15.0. The van der Waals surface area contributed by atoms with Crippen LogP contribution in [0.5, 0.6) is 0 Å². The molecule has 0 atom stereocenters. The molecule has 0 aromatic heterocycles. The van der Waals surface area contributed by atoms with Crippen molar-refractivity contribution < 1.29 is 5.11 Å². The van der Waals surface area contributed by atoms with Crippen molar-refractivity contribution in [2.45, 2.75) is 38.5 Å². The molecule has 3 nitrogen and oxygen atoms in total. The highest BCUT2D eigenvalue weighted by molar-refractivity contribution is 5.07. The fourth-order valence-corrected chi connectivity index (χ4v) is 3.56. The first-order chi connectivity index (χ1) is 9.13. The SMILES string of the molecule is CN(C)CC1(CO)CCN(CC2=CCCCC2)CC1. The molecule has 1 heterocycles. The Kier molecular flexibility index (Phi) is 5.43. The molecule has 0 unspecified atom stereocenters. The average molecular weight is 266 g/mol. The molecule has 0 radical (unpaired) electrons. The summed E-state index contributed by atoms with van der Waals surface area (Å²) in [5.74, 6) is 0. The van der Waals surface area contributed by atoms with Crippen LogP contribution in [0.4, 0.5) is 0 Å². The van der Waals surface area contributed by atoms with Crippen LogP contribution >= 0.6 is 0 Å². The van der Waals surface area contributed by atoms with Gasteiger partial charge in [0.05, 0.1) is 6.61 Å². The Morgan fingerprint density at radius 3 is 2.53 bits per heavy atom. The van der Waals surface area contributed by atoms with Crippen LogP contribution in [0.2, 0.25) is 0 Å². The molecule has 1 aliphatic heterocycles. The van der Waals surface area contributed by atoms with Gasteiger partial charge in [0.2, 0.25) is 0 Å². The standard InChI is InChI=1S/C16H30N2O/c1-17(2)13-16(14-19)8-10-18(11-9-16)12-15-6-4-3-5-7-15/h6,19H,3-5,7-14H2,1-2H3. The second kappa shape index (κ2) is 6.87. The van der Waals surface area contributed by atoms with Gasteiger partial charge in [-0.1, -0.05) is 11.6 Å². The summed E-state index contributed by atoms with van der Waals surface area (Å²) in [6.07, 6.45) is 10.1. The van der Waals surface area contributed by atoms with Crippen LogP contribution in [0.25, 0.3) is 0 Å². The Bertz CT molecular complexity index is 304. The molecule has 2 aliphatic rings. The van der Waals surface area contributed by atoms with Gasteiger partial charge in [-0.2, -0.15) is 0 Å². The van der Waals surface area contributed by atoms with Crippen LogP contribution in [0.3, 0.4) is 0 Å². The Morgan fingerprint density at radius 2 is 2.00 bits per heavy atom. The van der Waals surface area contributed by atoms with E-state index in [1.54, 1.807) is 5.57 Å². The van der Waals surface area contributed by atoms with E-state index < -0.39 is 0 Å². The van der Waals surface area contributed by atoms with Crippen LogP contribution in [0, 0.1) is 5.41 Å². The molecule has 0 saturated carbocycles. The van der Waals surface area contributed by atoms with Gasteiger partial charge in [-0.25, -0.2) is 0 Å². The van der Waals surface area contributed by atoms with Crippen molar-refractivity contribution in [3.8, 4) is 0 Å². The van der Waals surface area contributed by atoms with E-state index in [0.717, 1.165) is 32.5 Å². The average Bonchev–Trinajstić information content (AvgIpc) is 2.42. The number of aliphatic hydroxyl groups excluding tert-OH is 1. The fraction of sp³-hybridized carbons (Fsp3) is 0.875. The molecular weight excluding hydrogens is 236 g/mol. The van der Waals surface area contributed by atoms with Crippen LogP contribution in [-0.4, -0.2) is 61.8 Å². The number of likely N-dealkylation sites (tertiary alicyclic amines) is 1. The summed E-state index contributed by atoms with van der Waals surface area (Å²) >= 11 is 0. The molecule has 0 bridgehead atoms. The third-order valence-corrected chi connectivity index (χ3v) is 4.72. The Morgan fingerprint density at radius 1 is 1.26 bits per heavy atom. The predicted molar refractivity (Wildman–Crippen MR) is 80.3 cm³/mol. The lowest BCUT2D eigenvalue weighted by atomic mass is 9.78.